The van der Waals surface area contributed by atoms with Crippen LogP contribution >= 0.6 is 0 Å². The minimum absolute atomic E-state index is 0.00244. The minimum Gasteiger partial charge on any atom is -0.474 e. The molecule has 69 heavy (non-hydrogen) atoms. The fourth-order valence-corrected chi connectivity index (χ4v) is 8.24. The van der Waals surface area contributed by atoms with Crippen LogP contribution in [0.15, 0.2) is 79.1 Å². The average molecular weight is 952 g/mol. The lowest BCUT2D eigenvalue weighted by Crippen LogP contribution is -2.54. The molecule has 1 unspecified atom stereocenters. The Morgan fingerprint density at radius 2 is 1.72 bits per heavy atom. The van der Waals surface area contributed by atoms with Crippen LogP contribution in [0.5, 0.6) is 5.88 Å². The molecule has 2 fully saturated rings. The maximum Gasteiger partial charge on any atom is 0.416 e. The molecular formula is C48H48F3N9O9. The van der Waals surface area contributed by atoms with Gasteiger partial charge >= 0.3 is 6.18 Å². The first-order chi connectivity index (χ1) is 33.2. The van der Waals surface area contributed by atoms with Crippen LogP contribution in [0.1, 0.15) is 86.4 Å². The molecule has 1 atom stereocenters. The summed E-state index contributed by atoms with van der Waals surface area (Å²) in [7, 11) is 0. The number of hydrogen-bond acceptors (Lipinski definition) is 13. The van der Waals surface area contributed by atoms with Crippen LogP contribution in [0, 0.1) is 6.92 Å². The molecule has 3 aliphatic heterocycles. The van der Waals surface area contributed by atoms with E-state index in [0.29, 0.717) is 69.4 Å². The Morgan fingerprint density at radius 3 is 2.52 bits per heavy atom. The quantitative estimate of drug-likeness (QED) is 0.0685. The zero-order valence-electron chi connectivity index (χ0n) is 37.5. The molecule has 0 saturated carbocycles. The molecular weight excluding hydrogens is 904 g/mol. The van der Waals surface area contributed by atoms with Crippen LogP contribution in [0.4, 0.5) is 30.2 Å². The number of nitrogens with one attached hydrogen (secondary N) is 3. The fourth-order valence-electron chi connectivity index (χ4n) is 8.24. The van der Waals surface area contributed by atoms with Crippen LogP contribution in [-0.2, 0) is 43.2 Å². The van der Waals surface area contributed by atoms with Gasteiger partial charge in [0.05, 0.1) is 55.0 Å². The molecule has 360 valence electrons. The van der Waals surface area contributed by atoms with E-state index in [1.54, 1.807) is 35.3 Å². The summed E-state index contributed by atoms with van der Waals surface area (Å²) < 4.78 is 59.1. The van der Waals surface area contributed by atoms with Crippen molar-refractivity contribution in [3.8, 4) is 17.0 Å². The molecule has 0 radical (unpaired) electrons. The number of rotatable bonds is 18. The predicted molar refractivity (Wildman–Crippen MR) is 242 cm³/mol. The van der Waals surface area contributed by atoms with E-state index in [1.165, 1.54) is 24.3 Å². The van der Waals surface area contributed by atoms with Crippen molar-refractivity contribution in [1.29, 1.82) is 0 Å². The topological polar surface area (TPSA) is 216 Å². The number of aromatic nitrogens is 4. The van der Waals surface area contributed by atoms with E-state index in [4.69, 9.17) is 14.2 Å². The van der Waals surface area contributed by atoms with Crippen molar-refractivity contribution < 1.29 is 56.1 Å². The van der Waals surface area contributed by atoms with Gasteiger partial charge in [0.25, 0.3) is 17.7 Å². The summed E-state index contributed by atoms with van der Waals surface area (Å²) in [5, 5.41) is 16.0. The van der Waals surface area contributed by atoms with Crippen molar-refractivity contribution in [3.05, 3.63) is 113 Å². The first-order valence-corrected chi connectivity index (χ1v) is 22.4. The Labute approximate surface area is 393 Å². The van der Waals surface area contributed by atoms with Crippen molar-refractivity contribution in [2.24, 2.45) is 0 Å². The van der Waals surface area contributed by atoms with Crippen molar-refractivity contribution in [2.75, 3.05) is 55.1 Å². The number of carbonyl (C=O) groups excluding carboxylic acids is 6. The number of anilines is 3. The standard InChI is InChI=1S/C48H48F3N9O9/c1-29-12-13-33(53-43(63)30-7-5-8-32(23-30)48(49,50)51)25-36(29)31-24-39(58-17-19-67-20-18-58)45(52-26-31)69-22-21-68-28-34-27-59(57-56-34)16-4-2-3-11-40(61)54-37-10-6-9-35-42(37)47(66)60(46(35)65)38-14-15-41(62)55-44(38)64/h5-10,12-13,23-27,38H,2-4,11,14-22,28H2,1H3,(H,53,63)(H,54,61)(H,55,62,64). The zero-order chi connectivity index (χ0) is 48.7. The molecule has 5 heterocycles. The molecule has 2 aromatic heterocycles. The van der Waals surface area contributed by atoms with Gasteiger partial charge in [-0.05, 0) is 85.8 Å². The van der Waals surface area contributed by atoms with Gasteiger partial charge in [-0.15, -0.1) is 5.10 Å². The van der Waals surface area contributed by atoms with Crippen LogP contribution in [0.2, 0.25) is 0 Å². The number of alkyl halides is 3. The molecule has 0 spiro atoms. The summed E-state index contributed by atoms with van der Waals surface area (Å²) >= 11 is 0. The maximum absolute atomic E-state index is 13.3. The van der Waals surface area contributed by atoms with Gasteiger partial charge in [-0.2, -0.15) is 13.2 Å². The summed E-state index contributed by atoms with van der Waals surface area (Å²) in [5.74, 6) is -3.13. The Morgan fingerprint density at radius 1 is 0.913 bits per heavy atom. The number of nitrogens with zero attached hydrogens (tertiary/aromatic N) is 6. The number of ether oxygens (including phenoxy) is 3. The lowest BCUT2D eigenvalue weighted by Gasteiger charge is -2.30. The van der Waals surface area contributed by atoms with Crippen molar-refractivity contribution in [3.63, 3.8) is 0 Å². The van der Waals surface area contributed by atoms with Crippen molar-refractivity contribution in [2.45, 2.75) is 70.8 Å². The number of aryl methyl sites for hydroxylation is 2. The molecule has 0 aliphatic carbocycles. The number of morpholine rings is 1. The van der Waals surface area contributed by atoms with Gasteiger partial charge in [0, 0.05) is 55.5 Å². The summed E-state index contributed by atoms with van der Waals surface area (Å²) in [6.45, 7) is 5.31. The van der Waals surface area contributed by atoms with E-state index < -0.39 is 47.3 Å². The van der Waals surface area contributed by atoms with E-state index in [1.807, 2.05) is 19.1 Å². The van der Waals surface area contributed by atoms with E-state index >= 15 is 0 Å². The van der Waals surface area contributed by atoms with Crippen LogP contribution in [0.3, 0.4) is 0 Å². The number of imide groups is 2. The number of halogens is 3. The number of amides is 6. The molecule has 3 aliphatic rings. The van der Waals surface area contributed by atoms with Gasteiger partial charge in [-0.1, -0.05) is 29.8 Å². The van der Waals surface area contributed by atoms with Crippen LogP contribution < -0.4 is 25.6 Å². The van der Waals surface area contributed by atoms with Crippen LogP contribution in [0.25, 0.3) is 11.1 Å². The summed E-state index contributed by atoms with van der Waals surface area (Å²) in [6.07, 6.45) is 1.02. The Hall–Kier alpha value is -7.52. The highest BCUT2D eigenvalue weighted by atomic mass is 19.4. The lowest BCUT2D eigenvalue weighted by molar-refractivity contribution is -0.138. The smallest absolute Gasteiger partial charge is 0.416 e. The minimum atomic E-state index is -4.58. The summed E-state index contributed by atoms with van der Waals surface area (Å²) in [6, 6.07) is 14.9. The molecule has 21 heteroatoms. The van der Waals surface area contributed by atoms with E-state index in [-0.39, 0.29) is 67.4 Å². The van der Waals surface area contributed by atoms with Gasteiger partial charge in [0.1, 0.15) is 24.0 Å². The zero-order valence-corrected chi connectivity index (χ0v) is 37.5. The van der Waals surface area contributed by atoms with Gasteiger partial charge in [0.2, 0.25) is 23.6 Å². The van der Waals surface area contributed by atoms with Gasteiger partial charge in [-0.25, -0.2) is 4.98 Å². The normalized spacial score (nSPS) is 16.1. The monoisotopic (exact) mass is 951 g/mol. The molecule has 3 N–H and O–H groups in total. The fraction of sp³-hybridized carbons (Fsp3) is 0.354. The second-order valence-corrected chi connectivity index (χ2v) is 16.6. The molecule has 5 aromatic rings. The Kier molecular flexibility index (Phi) is 14.7. The first-order valence-electron chi connectivity index (χ1n) is 22.4. The van der Waals surface area contributed by atoms with E-state index in [2.05, 4.69) is 36.1 Å². The third kappa shape index (κ3) is 11.4. The number of benzene rings is 3. The van der Waals surface area contributed by atoms with Gasteiger partial charge < -0.3 is 29.7 Å². The molecule has 3 aromatic carbocycles. The largest absolute Gasteiger partial charge is 0.474 e. The van der Waals surface area contributed by atoms with Crippen molar-refractivity contribution >= 4 is 52.5 Å². The van der Waals surface area contributed by atoms with Gasteiger partial charge in [0.15, 0.2) is 0 Å². The molecule has 0 bridgehead atoms. The highest BCUT2D eigenvalue weighted by molar-refractivity contribution is 6.26. The van der Waals surface area contributed by atoms with Gasteiger partial charge in [-0.3, -0.25) is 43.7 Å². The number of piperidine rings is 1. The number of pyridine rings is 1. The first kappa shape index (κ1) is 48.0. The van der Waals surface area contributed by atoms with Crippen molar-refractivity contribution in [1.82, 2.24) is 30.2 Å². The van der Waals surface area contributed by atoms with E-state index in [9.17, 15) is 41.9 Å². The molecule has 18 nitrogen and oxygen atoms in total. The Balaban J connectivity index is 0.782. The number of carbonyl (C=O) groups is 6. The number of fused-ring (bicyclic) bond motifs is 1. The predicted octanol–water partition coefficient (Wildman–Crippen LogP) is 5.95. The van der Waals surface area contributed by atoms with E-state index in [0.717, 1.165) is 39.4 Å². The second kappa shape index (κ2) is 21.2. The highest BCUT2D eigenvalue weighted by Crippen LogP contribution is 2.36. The second-order valence-electron chi connectivity index (χ2n) is 16.6. The third-order valence-corrected chi connectivity index (χ3v) is 11.8. The highest BCUT2D eigenvalue weighted by Gasteiger charge is 2.45. The molecule has 2 saturated heterocycles. The maximum atomic E-state index is 13.3. The summed E-state index contributed by atoms with van der Waals surface area (Å²) in [4.78, 5) is 84.0. The molecule has 6 amide bonds. The number of unbranched alkanes of at least 4 members (excludes halogenated alkanes) is 2. The summed E-state index contributed by atoms with van der Waals surface area (Å²) in [5.41, 5.74) is 3.42. The SMILES string of the molecule is Cc1ccc(NC(=O)c2cccc(C(F)(F)F)c2)cc1-c1cnc(OCCOCc2cn(CCCCCC(=O)Nc3cccc4c3C(=O)N(C3CCC(=O)NC3=O)C4=O)nn2)c(N2CCOCC2)c1. The Bertz CT molecular complexity index is 2780. The molecule has 8 rings (SSSR count). The average Bonchev–Trinajstić information content (AvgIpc) is 3.90. The third-order valence-electron chi connectivity index (χ3n) is 11.8. The lowest BCUT2D eigenvalue weighted by atomic mass is 10.0. The number of hydrogen-bond donors (Lipinski definition) is 3. The van der Waals surface area contributed by atoms with Crippen LogP contribution in [-0.4, -0.2) is 106 Å².